The highest BCUT2D eigenvalue weighted by molar-refractivity contribution is 7.99. The summed E-state index contributed by atoms with van der Waals surface area (Å²) in [6.45, 7) is 5.17. The average molecular weight is 495 g/mol. The third kappa shape index (κ3) is 8.29. The number of benzene rings is 2. The van der Waals surface area contributed by atoms with E-state index in [1.165, 1.54) is 23.9 Å². The summed E-state index contributed by atoms with van der Waals surface area (Å²) in [6, 6.07) is 14.3. The standard InChI is InChI=1S/C23H25F3N4O3S/c1-16(2)12-13-30-20(14-32-18-6-4-3-5-7-18)28-29-22(30)34-15-21(31)27-17-8-10-19(11-9-17)33-23(24,25)26/h3-11,16H,12-15H2,1-2H3,(H,27,31). The molecule has 11 heteroatoms. The smallest absolute Gasteiger partial charge is 0.486 e. The molecule has 0 atom stereocenters. The van der Waals surface area contributed by atoms with Gasteiger partial charge in [-0.3, -0.25) is 4.79 Å². The zero-order chi connectivity index (χ0) is 24.6. The van der Waals surface area contributed by atoms with Crippen LogP contribution < -0.4 is 14.8 Å². The molecule has 7 nitrogen and oxygen atoms in total. The van der Waals surface area contributed by atoms with E-state index in [0.717, 1.165) is 24.3 Å². The first-order valence-electron chi connectivity index (χ1n) is 10.6. The molecule has 0 unspecified atom stereocenters. The number of thioether (sulfide) groups is 1. The third-order valence-corrected chi connectivity index (χ3v) is 5.51. The van der Waals surface area contributed by atoms with E-state index in [1.807, 2.05) is 34.9 Å². The molecule has 182 valence electrons. The molecule has 1 heterocycles. The van der Waals surface area contributed by atoms with Gasteiger partial charge in [0.1, 0.15) is 18.1 Å². The Kier molecular flexibility index (Phi) is 8.80. The van der Waals surface area contributed by atoms with Crippen molar-refractivity contribution in [3.63, 3.8) is 0 Å². The van der Waals surface area contributed by atoms with Crippen molar-refractivity contribution in [2.24, 2.45) is 5.92 Å². The molecule has 3 aromatic rings. The first-order chi connectivity index (χ1) is 16.2. The third-order valence-electron chi connectivity index (χ3n) is 4.54. The van der Waals surface area contributed by atoms with Crippen molar-refractivity contribution >= 4 is 23.4 Å². The van der Waals surface area contributed by atoms with Gasteiger partial charge in [0.2, 0.25) is 5.91 Å². The molecule has 0 radical (unpaired) electrons. The number of nitrogens with one attached hydrogen (secondary N) is 1. The van der Waals surface area contributed by atoms with Crippen molar-refractivity contribution < 1.29 is 27.4 Å². The van der Waals surface area contributed by atoms with Crippen LogP contribution in [0.3, 0.4) is 0 Å². The van der Waals surface area contributed by atoms with E-state index < -0.39 is 6.36 Å². The number of rotatable bonds is 11. The van der Waals surface area contributed by atoms with Gasteiger partial charge in [0, 0.05) is 12.2 Å². The number of para-hydroxylation sites is 1. The molecule has 0 fully saturated rings. The lowest BCUT2D eigenvalue weighted by atomic mass is 10.1. The van der Waals surface area contributed by atoms with Gasteiger partial charge < -0.3 is 19.4 Å². The van der Waals surface area contributed by atoms with Gasteiger partial charge in [-0.15, -0.1) is 23.4 Å². The lowest BCUT2D eigenvalue weighted by molar-refractivity contribution is -0.274. The fourth-order valence-corrected chi connectivity index (χ4v) is 3.66. The zero-order valence-electron chi connectivity index (χ0n) is 18.7. The second-order valence-corrected chi connectivity index (χ2v) is 8.69. The van der Waals surface area contributed by atoms with Gasteiger partial charge in [-0.25, -0.2) is 0 Å². The monoisotopic (exact) mass is 494 g/mol. The number of aromatic nitrogens is 3. The number of ether oxygens (including phenoxy) is 2. The van der Waals surface area contributed by atoms with E-state index >= 15 is 0 Å². The Morgan fingerprint density at radius 2 is 1.76 bits per heavy atom. The minimum absolute atomic E-state index is 0.0557. The molecule has 2 aromatic carbocycles. The van der Waals surface area contributed by atoms with Gasteiger partial charge in [0.15, 0.2) is 11.0 Å². The highest BCUT2D eigenvalue weighted by Gasteiger charge is 2.31. The van der Waals surface area contributed by atoms with Crippen LogP contribution in [-0.2, 0) is 17.9 Å². The molecule has 0 saturated heterocycles. The Bertz CT molecular complexity index is 1060. The first kappa shape index (κ1) is 25.4. The maximum absolute atomic E-state index is 12.4. The Morgan fingerprint density at radius 3 is 2.41 bits per heavy atom. The number of alkyl halides is 3. The molecule has 0 saturated carbocycles. The summed E-state index contributed by atoms with van der Waals surface area (Å²) in [5.74, 6) is 1.23. The van der Waals surface area contributed by atoms with Crippen molar-refractivity contribution in [1.82, 2.24) is 14.8 Å². The van der Waals surface area contributed by atoms with E-state index in [0.29, 0.717) is 29.1 Å². The van der Waals surface area contributed by atoms with Crippen LogP contribution in [0.2, 0.25) is 0 Å². The molecule has 1 aromatic heterocycles. The molecule has 34 heavy (non-hydrogen) atoms. The minimum Gasteiger partial charge on any atom is -0.486 e. The van der Waals surface area contributed by atoms with Crippen molar-refractivity contribution in [3.05, 3.63) is 60.4 Å². The van der Waals surface area contributed by atoms with Crippen LogP contribution >= 0.6 is 11.8 Å². The van der Waals surface area contributed by atoms with Crippen molar-refractivity contribution in [2.45, 2.75) is 44.9 Å². The molecule has 1 amide bonds. The normalized spacial score (nSPS) is 11.5. The van der Waals surface area contributed by atoms with E-state index in [9.17, 15) is 18.0 Å². The number of carbonyl (C=O) groups excluding carboxylic acids is 1. The number of nitrogens with zero attached hydrogens (tertiary/aromatic N) is 3. The summed E-state index contributed by atoms with van der Waals surface area (Å²) in [7, 11) is 0. The number of hydrogen-bond acceptors (Lipinski definition) is 6. The summed E-state index contributed by atoms with van der Waals surface area (Å²) >= 11 is 1.23. The van der Waals surface area contributed by atoms with Crippen molar-refractivity contribution in [2.75, 3.05) is 11.1 Å². The van der Waals surface area contributed by atoms with Crippen molar-refractivity contribution in [1.29, 1.82) is 0 Å². The molecular formula is C23H25F3N4O3S. The summed E-state index contributed by atoms with van der Waals surface area (Å²) in [6.07, 6.45) is -3.86. The maximum atomic E-state index is 12.4. The SMILES string of the molecule is CC(C)CCn1c(COc2ccccc2)nnc1SCC(=O)Nc1ccc(OC(F)(F)F)cc1. The topological polar surface area (TPSA) is 78.3 Å². The summed E-state index contributed by atoms with van der Waals surface area (Å²) in [4.78, 5) is 12.4. The van der Waals surface area contributed by atoms with Gasteiger partial charge in [-0.2, -0.15) is 0 Å². The molecule has 0 aliphatic carbocycles. The maximum Gasteiger partial charge on any atom is 0.573 e. The number of anilines is 1. The highest BCUT2D eigenvalue weighted by Crippen LogP contribution is 2.25. The zero-order valence-corrected chi connectivity index (χ0v) is 19.5. The Balaban J connectivity index is 1.59. The number of carbonyl (C=O) groups is 1. The Hall–Kier alpha value is -3.21. The molecule has 0 aliphatic heterocycles. The number of hydrogen-bond donors (Lipinski definition) is 1. The first-order valence-corrected chi connectivity index (χ1v) is 11.6. The second kappa shape index (κ2) is 11.8. The van der Waals surface area contributed by atoms with Gasteiger partial charge in [-0.05, 0) is 48.7 Å². The van der Waals surface area contributed by atoms with E-state index in [4.69, 9.17) is 4.74 Å². The quantitative estimate of drug-likeness (QED) is 0.353. The average Bonchev–Trinajstić information content (AvgIpc) is 3.17. The van der Waals surface area contributed by atoms with Crippen LogP contribution in [0, 0.1) is 5.92 Å². The largest absolute Gasteiger partial charge is 0.573 e. The Labute approximate surface area is 199 Å². The van der Waals surface area contributed by atoms with Gasteiger partial charge in [0.25, 0.3) is 0 Å². The van der Waals surface area contributed by atoms with Crippen LogP contribution in [-0.4, -0.2) is 32.8 Å². The van der Waals surface area contributed by atoms with Crippen LogP contribution in [0.4, 0.5) is 18.9 Å². The van der Waals surface area contributed by atoms with Crippen LogP contribution in [0.25, 0.3) is 0 Å². The molecule has 0 spiro atoms. The van der Waals surface area contributed by atoms with Gasteiger partial charge >= 0.3 is 6.36 Å². The van der Waals surface area contributed by atoms with Crippen LogP contribution in [0.1, 0.15) is 26.1 Å². The summed E-state index contributed by atoms with van der Waals surface area (Å²) < 4.78 is 48.4. The van der Waals surface area contributed by atoms with Crippen molar-refractivity contribution in [3.8, 4) is 11.5 Å². The van der Waals surface area contributed by atoms with Gasteiger partial charge in [0.05, 0.1) is 5.75 Å². The minimum atomic E-state index is -4.77. The fourth-order valence-electron chi connectivity index (χ4n) is 2.88. The predicted molar refractivity (Wildman–Crippen MR) is 123 cm³/mol. The Morgan fingerprint density at radius 1 is 1.06 bits per heavy atom. The predicted octanol–water partition coefficient (Wildman–Crippen LogP) is 5.53. The second-order valence-electron chi connectivity index (χ2n) is 7.74. The number of amides is 1. The van der Waals surface area contributed by atoms with E-state index in [2.05, 4.69) is 34.1 Å². The van der Waals surface area contributed by atoms with E-state index in [-0.39, 0.29) is 24.0 Å². The van der Waals surface area contributed by atoms with E-state index in [1.54, 1.807) is 0 Å². The lowest BCUT2D eigenvalue weighted by Gasteiger charge is -2.12. The van der Waals surface area contributed by atoms with Gasteiger partial charge in [-0.1, -0.05) is 43.8 Å². The number of halogens is 3. The fraction of sp³-hybridized carbons (Fsp3) is 0.348. The summed E-state index contributed by atoms with van der Waals surface area (Å²) in [5.41, 5.74) is 0.360. The summed E-state index contributed by atoms with van der Waals surface area (Å²) in [5, 5.41) is 11.7. The molecule has 1 N–H and O–H groups in total. The molecule has 0 aliphatic rings. The van der Waals surface area contributed by atoms with Crippen LogP contribution in [0.5, 0.6) is 11.5 Å². The van der Waals surface area contributed by atoms with Crippen LogP contribution in [0.15, 0.2) is 59.8 Å². The molecular weight excluding hydrogens is 469 g/mol. The highest BCUT2D eigenvalue weighted by atomic mass is 32.2. The molecule has 3 rings (SSSR count). The lowest BCUT2D eigenvalue weighted by Crippen LogP contribution is -2.17. The molecule has 0 bridgehead atoms.